The van der Waals surface area contributed by atoms with Crippen LogP contribution in [0.25, 0.3) is 0 Å². The number of aryl methyl sites for hydroxylation is 3. The fourth-order valence-electron chi connectivity index (χ4n) is 3.61. The van der Waals surface area contributed by atoms with E-state index in [1.54, 1.807) is 13.0 Å². The predicted molar refractivity (Wildman–Crippen MR) is 94.7 cm³/mol. The maximum atomic E-state index is 13.1. The van der Waals surface area contributed by atoms with E-state index in [1.165, 1.54) is 0 Å². The van der Waals surface area contributed by atoms with Crippen LogP contribution in [0.4, 0.5) is 0 Å². The molecule has 0 radical (unpaired) electrons. The average molecular weight is 363 g/mol. The highest BCUT2D eigenvalue weighted by Gasteiger charge is 2.41. The van der Waals surface area contributed by atoms with E-state index in [-0.39, 0.29) is 0 Å². The van der Waals surface area contributed by atoms with E-state index in [2.05, 4.69) is 14.9 Å². The molecule has 0 saturated heterocycles. The number of benzene rings is 1. The first-order valence-electron chi connectivity index (χ1n) is 8.74. The van der Waals surface area contributed by atoms with Gasteiger partial charge in [0.1, 0.15) is 0 Å². The van der Waals surface area contributed by atoms with Gasteiger partial charge >= 0.3 is 0 Å². The topological polar surface area (TPSA) is 85.1 Å². The zero-order chi connectivity index (χ0) is 18.1. The highest BCUT2D eigenvalue weighted by Crippen LogP contribution is 2.36. The number of rotatable bonds is 4. The summed E-state index contributed by atoms with van der Waals surface area (Å²) >= 11 is 0. The number of hydrogen-bond acceptors (Lipinski definition) is 5. The second-order valence-electron chi connectivity index (χ2n) is 7.01. The summed E-state index contributed by atoms with van der Waals surface area (Å²) in [7, 11) is -3.69. The van der Waals surface area contributed by atoms with E-state index < -0.39 is 15.6 Å². The molecule has 0 amide bonds. The van der Waals surface area contributed by atoms with E-state index in [0.29, 0.717) is 29.5 Å². The second-order valence-corrected chi connectivity index (χ2v) is 8.66. The number of nitrogens with zero attached hydrogens (tertiary/aromatic N) is 2. The predicted octanol–water partition coefficient (Wildman–Crippen LogP) is 3.52. The Balaban J connectivity index is 2.02. The monoisotopic (exact) mass is 363 g/mol. The summed E-state index contributed by atoms with van der Waals surface area (Å²) in [5.41, 5.74) is 0.972. The molecular weight excluding hydrogens is 338 g/mol. The summed E-state index contributed by atoms with van der Waals surface area (Å²) in [6.07, 6.45) is 5.39. The van der Waals surface area contributed by atoms with Crippen molar-refractivity contribution in [2.75, 3.05) is 0 Å². The maximum Gasteiger partial charge on any atom is 0.241 e. The third-order valence-electron chi connectivity index (χ3n) is 4.86. The number of hydrogen-bond donors (Lipinski definition) is 1. The van der Waals surface area contributed by atoms with Crippen LogP contribution in [0, 0.1) is 20.8 Å². The van der Waals surface area contributed by atoms with Crippen LogP contribution < -0.4 is 4.72 Å². The Bertz CT molecular complexity index is 850. The van der Waals surface area contributed by atoms with Gasteiger partial charge in [-0.2, -0.15) is 9.71 Å². The lowest BCUT2D eigenvalue weighted by Gasteiger charge is -2.30. The van der Waals surface area contributed by atoms with Crippen LogP contribution in [-0.2, 0) is 15.6 Å². The third-order valence-corrected chi connectivity index (χ3v) is 6.56. The minimum absolute atomic E-state index is 0.307. The minimum Gasteiger partial charge on any atom is -0.340 e. The van der Waals surface area contributed by atoms with Gasteiger partial charge in [0.15, 0.2) is 5.82 Å². The first-order valence-corrected chi connectivity index (χ1v) is 10.2. The molecule has 1 aromatic carbocycles. The zero-order valence-corrected chi connectivity index (χ0v) is 15.8. The van der Waals surface area contributed by atoms with Gasteiger partial charge in [-0.25, -0.2) is 8.42 Å². The lowest BCUT2D eigenvalue weighted by atomic mass is 9.91. The van der Waals surface area contributed by atoms with Crippen LogP contribution >= 0.6 is 0 Å². The van der Waals surface area contributed by atoms with E-state index in [0.717, 1.165) is 36.8 Å². The minimum atomic E-state index is -3.69. The number of nitrogens with one attached hydrogen (secondary N) is 1. The van der Waals surface area contributed by atoms with Crippen LogP contribution in [0.5, 0.6) is 0 Å². The van der Waals surface area contributed by atoms with Gasteiger partial charge in [-0.15, -0.1) is 0 Å². The zero-order valence-electron chi connectivity index (χ0n) is 15.0. The van der Waals surface area contributed by atoms with Gasteiger partial charge in [-0.1, -0.05) is 48.5 Å². The van der Waals surface area contributed by atoms with Crippen molar-refractivity contribution in [2.24, 2.45) is 0 Å². The Morgan fingerprint density at radius 1 is 1.08 bits per heavy atom. The largest absolute Gasteiger partial charge is 0.340 e. The first kappa shape index (κ1) is 18.1. The molecular formula is C18H25N3O3S. The van der Waals surface area contributed by atoms with Gasteiger partial charge in [0.25, 0.3) is 0 Å². The number of sulfonamides is 1. The van der Waals surface area contributed by atoms with Gasteiger partial charge in [-0.05, 0) is 38.3 Å². The van der Waals surface area contributed by atoms with Crippen molar-refractivity contribution < 1.29 is 12.9 Å². The molecule has 7 heteroatoms. The molecule has 1 heterocycles. The average Bonchev–Trinajstić information content (AvgIpc) is 2.83. The summed E-state index contributed by atoms with van der Waals surface area (Å²) in [6.45, 7) is 5.49. The van der Waals surface area contributed by atoms with E-state index in [9.17, 15) is 8.42 Å². The standard InChI is InChI=1S/C18H25N3O3S/c1-13-8-9-16(14(2)12-13)25(22,23)21-18(10-6-4-5-7-11-18)17-19-15(3)24-20-17/h8-9,12,21H,4-7,10-11H2,1-3H3. The molecule has 0 aliphatic heterocycles. The second kappa shape index (κ2) is 6.88. The van der Waals surface area contributed by atoms with Gasteiger partial charge in [-0.3, -0.25) is 0 Å². The van der Waals surface area contributed by atoms with E-state index in [4.69, 9.17) is 4.52 Å². The van der Waals surface area contributed by atoms with Gasteiger partial charge in [0.05, 0.1) is 10.4 Å². The smallest absolute Gasteiger partial charge is 0.241 e. The SMILES string of the molecule is Cc1ccc(S(=O)(=O)NC2(c3noc(C)n3)CCCCCC2)c(C)c1. The summed E-state index contributed by atoms with van der Waals surface area (Å²) in [5, 5.41) is 4.05. The van der Waals surface area contributed by atoms with Crippen LogP contribution in [0.1, 0.15) is 61.4 Å². The Morgan fingerprint density at radius 3 is 2.32 bits per heavy atom. The quantitative estimate of drug-likeness (QED) is 0.840. The molecule has 1 aliphatic rings. The third kappa shape index (κ3) is 3.77. The van der Waals surface area contributed by atoms with Crippen LogP contribution in [0.15, 0.2) is 27.6 Å². The van der Waals surface area contributed by atoms with Crippen LogP contribution in [0.3, 0.4) is 0 Å². The van der Waals surface area contributed by atoms with Crippen molar-refractivity contribution in [1.29, 1.82) is 0 Å². The molecule has 25 heavy (non-hydrogen) atoms. The summed E-state index contributed by atoms with van der Waals surface area (Å²) in [4.78, 5) is 4.67. The first-order chi connectivity index (χ1) is 11.8. The maximum absolute atomic E-state index is 13.1. The van der Waals surface area contributed by atoms with Crippen LogP contribution in [-0.4, -0.2) is 18.6 Å². The van der Waals surface area contributed by atoms with E-state index >= 15 is 0 Å². The van der Waals surface area contributed by atoms with Gasteiger partial charge in [0.2, 0.25) is 15.9 Å². The fourth-order valence-corrected chi connectivity index (χ4v) is 5.26. The van der Waals surface area contributed by atoms with Gasteiger partial charge < -0.3 is 4.52 Å². The number of aromatic nitrogens is 2. The van der Waals surface area contributed by atoms with Crippen molar-refractivity contribution in [3.63, 3.8) is 0 Å². The van der Waals surface area contributed by atoms with Crippen molar-refractivity contribution in [1.82, 2.24) is 14.9 Å². The molecule has 0 spiro atoms. The normalized spacial score (nSPS) is 18.0. The molecule has 1 N–H and O–H groups in total. The molecule has 0 bridgehead atoms. The van der Waals surface area contributed by atoms with Gasteiger partial charge in [0, 0.05) is 6.92 Å². The molecule has 2 aromatic rings. The Hall–Kier alpha value is -1.73. The molecule has 1 saturated carbocycles. The molecule has 0 unspecified atom stereocenters. The molecule has 1 aliphatic carbocycles. The van der Waals surface area contributed by atoms with E-state index in [1.807, 2.05) is 26.0 Å². The lowest BCUT2D eigenvalue weighted by molar-refractivity contribution is 0.301. The highest BCUT2D eigenvalue weighted by molar-refractivity contribution is 7.89. The molecule has 1 fully saturated rings. The molecule has 1 aromatic heterocycles. The fraction of sp³-hybridized carbons (Fsp3) is 0.556. The Kier molecular flexibility index (Phi) is 4.97. The Morgan fingerprint density at radius 2 is 1.76 bits per heavy atom. The van der Waals surface area contributed by atoms with Crippen molar-refractivity contribution in [3.05, 3.63) is 41.0 Å². The summed E-state index contributed by atoms with van der Waals surface area (Å²) < 4.78 is 34.4. The van der Waals surface area contributed by atoms with Crippen molar-refractivity contribution in [3.8, 4) is 0 Å². The molecule has 136 valence electrons. The van der Waals surface area contributed by atoms with Crippen LogP contribution in [0.2, 0.25) is 0 Å². The van der Waals surface area contributed by atoms with Crippen molar-refractivity contribution in [2.45, 2.75) is 69.7 Å². The molecule has 3 rings (SSSR count). The lowest BCUT2D eigenvalue weighted by Crippen LogP contribution is -2.46. The summed E-state index contributed by atoms with van der Waals surface area (Å²) in [6, 6.07) is 5.37. The Labute approximate surface area is 149 Å². The molecule has 6 nitrogen and oxygen atoms in total. The van der Waals surface area contributed by atoms with Crippen molar-refractivity contribution >= 4 is 10.0 Å². The summed E-state index contributed by atoms with van der Waals surface area (Å²) in [5.74, 6) is 0.893. The molecule has 0 atom stereocenters. The highest BCUT2D eigenvalue weighted by atomic mass is 32.2.